The van der Waals surface area contributed by atoms with Gasteiger partial charge in [-0.3, -0.25) is 0 Å². The molecule has 126 valence electrons. The highest BCUT2D eigenvalue weighted by atomic mass is 35.5. The molecule has 0 spiro atoms. The van der Waals surface area contributed by atoms with Crippen LogP contribution < -0.4 is 0 Å². The summed E-state index contributed by atoms with van der Waals surface area (Å²) in [4.78, 5) is 0. The third-order valence-electron chi connectivity index (χ3n) is 3.93. The van der Waals surface area contributed by atoms with E-state index in [2.05, 4.69) is 0 Å². The summed E-state index contributed by atoms with van der Waals surface area (Å²) in [7, 11) is 0. The van der Waals surface area contributed by atoms with Crippen molar-refractivity contribution < 1.29 is 18.3 Å². The lowest BCUT2D eigenvalue weighted by Crippen LogP contribution is -2.39. The van der Waals surface area contributed by atoms with Gasteiger partial charge in [0.25, 0.3) is 0 Å². The quantitative estimate of drug-likeness (QED) is 0.860. The molecule has 24 heavy (non-hydrogen) atoms. The summed E-state index contributed by atoms with van der Waals surface area (Å²) in [5.41, 5.74) is -0.904. The van der Waals surface area contributed by atoms with Crippen LogP contribution in [0.5, 0.6) is 0 Å². The lowest BCUT2D eigenvalue weighted by atomic mass is 9.93. The van der Waals surface area contributed by atoms with Crippen molar-refractivity contribution in [2.45, 2.75) is 31.5 Å². The minimum atomic E-state index is -4.73. The molecule has 0 aliphatic carbocycles. The van der Waals surface area contributed by atoms with Crippen LogP contribution in [0, 0.1) is 11.3 Å². The molecule has 0 bridgehead atoms. The summed E-state index contributed by atoms with van der Waals surface area (Å²) in [6, 6.07) is 12.7. The van der Waals surface area contributed by atoms with E-state index in [1.807, 2.05) is 6.07 Å². The summed E-state index contributed by atoms with van der Waals surface area (Å²) < 4.78 is 38.4. The third kappa shape index (κ3) is 3.89. The van der Waals surface area contributed by atoms with Gasteiger partial charge in [-0.25, -0.2) is 0 Å². The Bertz CT molecular complexity index is 761. The number of hydrogen-bond donors (Lipinski definition) is 1. The number of alkyl halides is 3. The lowest BCUT2D eigenvalue weighted by molar-refractivity contribution is -0.258. The topological polar surface area (TPSA) is 44.0 Å². The zero-order chi connectivity index (χ0) is 18.0. The molecule has 2 rings (SSSR count). The zero-order valence-electron chi connectivity index (χ0n) is 12.9. The van der Waals surface area contributed by atoms with Crippen molar-refractivity contribution in [2.24, 2.45) is 0 Å². The first kappa shape index (κ1) is 18.3. The highest BCUT2D eigenvalue weighted by Crippen LogP contribution is 2.38. The summed E-state index contributed by atoms with van der Waals surface area (Å²) in [6.45, 7) is 0.735. The Morgan fingerprint density at radius 1 is 1.08 bits per heavy atom. The minimum absolute atomic E-state index is 0.199. The number of aryl methyl sites for hydroxylation is 2. The van der Waals surface area contributed by atoms with Gasteiger partial charge >= 0.3 is 6.18 Å². The molecule has 0 fully saturated rings. The number of halogens is 4. The Morgan fingerprint density at radius 3 is 2.21 bits per heavy atom. The Balaban J connectivity index is 2.09. The van der Waals surface area contributed by atoms with Crippen LogP contribution in [-0.4, -0.2) is 11.3 Å². The molecule has 0 aromatic heterocycles. The average molecular weight is 354 g/mol. The van der Waals surface area contributed by atoms with Gasteiger partial charge in [0.2, 0.25) is 0 Å². The molecule has 0 aliphatic rings. The van der Waals surface area contributed by atoms with Crippen molar-refractivity contribution in [3.8, 4) is 6.07 Å². The summed E-state index contributed by atoms with van der Waals surface area (Å²) >= 11 is 6.10. The smallest absolute Gasteiger partial charge is 0.376 e. The van der Waals surface area contributed by atoms with Gasteiger partial charge < -0.3 is 5.11 Å². The molecule has 2 aromatic rings. The largest absolute Gasteiger partial charge is 0.421 e. The van der Waals surface area contributed by atoms with E-state index < -0.39 is 11.8 Å². The Kier molecular flexibility index (Phi) is 5.22. The van der Waals surface area contributed by atoms with Crippen LogP contribution in [0.2, 0.25) is 5.02 Å². The normalized spacial score (nSPS) is 14.0. The van der Waals surface area contributed by atoms with Crippen LogP contribution in [0.25, 0.3) is 0 Å². The number of aliphatic hydroxyl groups is 1. The van der Waals surface area contributed by atoms with E-state index in [1.165, 1.54) is 12.1 Å². The van der Waals surface area contributed by atoms with Gasteiger partial charge in [-0.2, -0.15) is 18.4 Å². The Hall–Kier alpha value is -2.03. The molecule has 0 saturated carbocycles. The maximum Gasteiger partial charge on any atom is 0.421 e. The Morgan fingerprint density at radius 2 is 1.71 bits per heavy atom. The van der Waals surface area contributed by atoms with Crippen LogP contribution in [0.15, 0.2) is 42.5 Å². The second-order valence-electron chi connectivity index (χ2n) is 5.68. The fourth-order valence-electron chi connectivity index (χ4n) is 2.26. The number of benzene rings is 2. The van der Waals surface area contributed by atoms with E-state index >= 15 is 0 Å². The molecule has 1 atom stereocenters. The van der Waals surface area contributed by atoms with Crippen LogP contribution in [-0.2, 0) is 18.4 Å². The zero-order valence-corrected chi connectivity index (χ0v) is 13.6. The van der Waals surface area contributed by atoms with Crippen molar-refractivity contribution in [1.29, 1.82) is 5.26 Å². The predicted molar refractivity (Wildman–Crippen MR) is 85.6 cm³/mol. The summed E-state index contributed by atoms with van der Waals surface area (Å²) in [6.07, 6.45) is -3.55. The van der Waals surface area contributed by atoms with E-state index in [1.54, 1.807) is 30.3 Å². The number of nitriles is 1. The fourth-order valence-corrected chi connectivity index (χ4v) is 2.53. The maximum atomic E-state index is 12.8. The van der Waals surface area contributed by atoms with Crippen molar-refractivity contribution in [3.63, 3.8) is 0 Å². The van der Waals surface area contributed by atoms with Crippen molar-refractivity contribution in [2.75, 3.05) is 0 Å². The van der Waals surface area contributed by atoms with Crippen molar-refractivity contribution >= 4 is 11.6 Å². The first-order chi connectivity index (χ1) is 11.1. The molecular weight excluding hydrogens is 339 g/mol. The molecule has 0 unspecified atom stereocenters. The SMILES string of the molecule is C[C@](O)(c1ccc(CCc2ccc(C#N)cc2Cl)cc1)C(F)(F)F. The number of hydrogen-bond acceptors (Lipinski definition) is 2. The van der Waals surface area contributed by atoms with Crippen LogP contribution in [0.4, 0.5) is 13.2 Å². The summed E-state index contributed by atoms with van der Waals surface area (Å²) in [5.74, 6) is 0. The lowest BCUT2D eigenvalue weighted by Gasteiger charge is -2.26. The summed E-state index contributed by atoms with van der Waals surface area (Å²) in [5, 5.41) is 18.9. The van der Waals surface area contributed by atoms with Crippen LogP contribution >= 0.6 is 11.6 Å². The minimum Gasteiger partial charge on any atom is -0.376 e. The molecule has 0 amide bonds. The molecule has 0 heterocycles. The number of nitrogens with zero attached hydrogens (tertiary/aromatic N) is 1. The first-order valence-electron chi connectivity index (χ1n) is 7.22. The van der Waals surface area contributed by atoms with E-state index in [9.17, 15) is 18.3 Å². The monoisotopic (exact) mass is 353 g/mol. The fraction of sp³-hybridized carbons (Fsp3) is 0.278. The van der Waals surface area contributed by atoms with Gasteiger partial charge in [-0.1, -0.05) is 41.9 Å². The Labute approximate surface area is 143 Å². The van der Waals surface area contributed by atoms with Gasteiger partial charge in [0, 0.05) is 5.02 Å². The number of rotatable bonds is 4. The highest BCUT2D eigenvalue weighted by molar-refractivity contribution is 6.31. The predicted octanol–water partition coefficient (Wildman–Crippen LogP) is 4.77. The molecule has 0 radical (unpaired) electrons. The second-order valence-corrected chi connectivity index (χ2v) is 6.09. The van der Waals surface area contributed by atoms with E-state index in [0.717, 1.165) is 18.1 Å². The van der Waals surface area contributed by atoms with E-state index in [4.69, 9.17) is 16.9 Å². The van der Waals surface area contributed by atoms with Crippen molar-refractivity contribution in [1.82, 2.24) is 0 Å². The van der Waals surface area contributed by atoms with Crippen LogP contribution in [0.1, 0.15) is 29.2 Å². The van der Waals surface area contributed by atoms with Crippen LogP contribution in [0.3, 0.4) is 0 Å². The van der Waals surface area contributed by atoms with E-state index in [0.29, 0.717) is 23.4 Å². The third-order valence-corrected chi connectivity index (χ3v) is 4.29. The standard InChI is InChI=1S/C18H15ClF3NO/c1-17(24,18(20,21)22)15-8-4-12(5-9-15)2-6-14-7-3-13(11-23)10-16(14)19/h3-5,7-10,24H,2,6H2,1H3/t17-/m0/s1. The maximum absolute atomic E-state index is 12.8. The molecule has 6 heteroatoms. The molecular formula is C18H15ClF3NO. The highest BCUT2D eigenvalue weighted by Gasteiger charge is 2.50. The molecule has 1 N–H and O–H groups in total. The molecule has 0 aliphatic heterocycles. The molecule has 2 nitrogen and oxygen atoms in total. The van der Waals surface area contributed by atoms with Crippen molar-refractivity contribution in [3.05, 3.63) is 69.7 Å². The van der Waals surface area contributed by atoms with Gasteiger partial charge in [0.05, 0.1) is 11.6 Å². The molecule has 2 aromatic carbocycles. The molecule has 0 saturated heterocycles. The first-order valence-corrected chi connectivity index (χ1v) is 7.60. The second kappa shape index (κ2) is 6.84. The average Bonchev–Trinajstić information content (AvgIpc) is 2.53. The van der Waals surface area contributed by atoms with Gasteiger partial charge in [0.15, 0.2) is 5.60 Å². The van der Waals surface area contributed by atoms with Gasteiger partial charge in [-0.15, -0.1) is 0 Å². The van der Waals surface area contributed by atoms with E-state index in [-0.39, 0.29) is 5.56 Å². The van der Waals surface area contributed by atoms with Gasteiger partial charge in [0.1, 0.15) is 0 Å². The van der Waals surface area contributed by atoms with Gasteiger partial charge in [-0.05, 0) is 48.6 Å².